The monoisotopic (exact) mass is 527 g/mol. The van der Waals surface area contributed by atoms with E-state index < -0.39 is 0 Å². The lowest BCUT2D eigenvalue weighted by molar-refractivity contribution is -0.113. The van der Waals surface area contributed by atoms with E-state index in [1.54, 1.807) is 31.5 Å². The average Bonchev–Trinajstić information content (AvgIpc) is 2.89. The Balaban J connectivity index is 1.09. The molecule has 1 saturated heterocycles. The fourth-order valence-electron chi connectivity index (χ4n) is 4.29. The van der Waals surface area contributed by atoms with Crippen LogP contribution in [0.15, 0.2) is 41.4 Å². The van der Waals surface area contributed by atoms with Crippen molar-refractivity contribution in [3.05, 3.63) is 47.1 Å². The molecule has 0 saturated carbocycles. The number of carbonyl (C=O) groups is 2. The third kappa shape index (κ3) is 5.66. The van der Waals surface area contributed by atoms with Gasteiger partial charge in [-0.05, 0) is 31.0 Å². The normalized spacial score (nSPS) is 16.3. The van der Waals surface area contributed by atoms with Gasteiger partial charge in [0.15, 0.2) is 0 Å². The molecule has 2 aromatic heterocycles. The molecular weight excluding hydrogens is 502 g/mol. The highest BCUT2D eigenvalue weighted by atomic mass is 35.5. The summed E-state index contributed by atoms with van der Waals surface area (Å²) in [4.78, 5) is 36.5. The Hall–Kier alpha value is -3.08. The minimum absolute atomic E-state index is 0.0662. The van der Waals surface area contributed by atoms with Crippen molar-refractivity contribution in [1.82, 2.24) is 20.2 Å². The summed E-state index contributed by atoms with van der Waals surface area (Å²) >= 11 is 7.78. The molecular formula is C25H26ClN5O4S. The minimum Gasteiger partial charge on any atom is -0.491 e. The number of ether oxygens (including phenoxy) is 2. The third-order valence-electron chi connectivity index (χ3n) is 6.24. The molecule has 4 heterocycles. The topological polar surface area (TPSA) is 106 Å². The second kappa shape index (κ2) is 10.9. The van der Waals surface area contributed by atoms with Crippen LogP contribution in [0.4, 0.5) is 5.69 Å². The summed E-state index contributed by atoms with van der Waals surface area (Å²) in [6, 6.07) is 8.98. The number of nitrogens with one attached hydrogen (secondary N) is 2. The number of likely N-dealkylation sites (tertiary alicyclic amines) is 1. The zero-order chi connectivity index (χ0) is 25.1. The van der Waals surface area contributed by atoms with E-state index in [0.29, 0.717) is 40.3 Å². The summed E-state index contributed by atoms with van der Waals surface area (Å²) in [5.74, 6) is 1.26. The molecule has 0 unspecified atom stereocenters. The second-order valence-corrected chi connectivity index (χ2v) is 10.1. The molecule has 2 aliphatic heterocycles. The van der Waals surface area contributed by atoms with Gasteiger partial charge in [0.25, 0.3) is 5.91 Å². The van der Waals surface area contributed by atoms with E-state index in [1.165, 1.54) is 11.8 Å². The van der Waals surface area contributed by atoms with E-state index in [1.807, 2.05) is 12.1 Å². The zero-order valence-electron chi connectivity index (χ0n) is 19.8. The van der Waals surface area contributed by atoms with Gasteiger partial charge in [-0.2, -0.15) is 0 Å². The average molecular weight is 528 g/mol. The highest BCUT2D eigenvalue weighted by Gasteiger charge is 2.24. The number of rotatable bonds is 7. The molecule has 0 aliphatic carbocycles. The summed E-state index contributed by atoms with van der Waals surface area (Å²) in [5.41, 5.74) is 2.53. The first-order chi connectivity index (χ1) is 17.5. The maximum Gasteiger partial charge on any atom is 0.253 e. The van der Waals surface area contributed by atoms with E-state index in [4.69, 9.17) is 21.1 Å². The first-order valence-corrected chi connectivity index (χ1v) is 13.1. The van der Waals surface area contributed by atoms with Gasteiger partial charge in [-0.25, -0.2) is 4.98 Å². The first-order valence-electron chi connectivity index (χ1n) is 11.7. The van der Waals surface area contributed by atoms with Crippen LogP contribution >= 0.6 is 23.4 Å². The fourth-order valence-corrected chi connectivity index (χ4v) is 5.43. The number of aromatic nitrogens is 2. The highest BCUT2D eigenvalue weighted by molar-refractivity contribution is 8.00. The Morgan fingerprint density at radius 2 is 2.08 bits per heavy atom. The SMILES string of the molecule is COc1ccc2ncc(OCCN3CCC(NC(=O)c4cc5c(cc4Cl)SCC(=O)N5)CC3)cc2n1. The Kier molecular flexibility index (Phi) is 7.45. The molecule has 2 N–H and O–H groups in total. The lowest BCUT2D eigenvalue weighted by atomic mass is 10.0. The number of pyridine rings is 2. The largest absolute Gasteiger partial charge is 0.491 e. The van der Waals surface area contributed by atoms with Crippen LogP contribution in [0, 0.1) is 0 Å². The van der Waals surface area contributed by atoms with Crippen LogP contribution in [-0.4, -0.2) is 71.8 Å². The van der Waals surface area contributed by atoms with Gasteiger partial charge in [0.05, 0.1) is 46.4 Å². The van der Waals surface area contributed by atoms with Crippen molar-refractivity contribution in [1.29, 1.82) is 0 Å². The second-order valence-electron chi connectivity index (χ2n) is 8.67. The summed E-state index contributed by atoms with van der Waals surface area (Å²) in [6.45, 7) is 3.02. The van der Waals surface area contributed by atoms with Gasteiger partial charge in [0.2, 0.25) is 11.8 Å². The van der Waals surface area contributed by atoms with Crippen molar-refractivity contribution in [2.45, 2.75) is 23.8 Å². The number of anilines is 1. The summed E-state index contributed by atoms with van der Waals surface area (Å²) in [7, 11) is 1.58. The van der Waals surface area contributed by atoms with E-state index in [2.05, 4.69) is 25.5 Å². The number of hydrogen-bond donors (Lipinski definition) is 2. The van der Waals surface area contributed by atoms with Crippen LogP contribution in [0.1, 0.15) is 23.2 Å². The van der Waals surface area contributed by atoms with Crippen LogP contribution in [0.2, 0.25) is 5.02 Å². The summed E-state index contributed by atoms with van der Waals surface area (Å²) < 4.78 is 11.1. The number of benzene rings is 1. The van der Waals surface area contributed by atoms with Crippen molar-refractivity contribution < 1.29 is 19.1 Å². The summed E-state index contributed by atoms with van der Waals surface area (Å²) in [5, 5.41) is 6.29. The van der Waals surface area contributed by atoms with E-state index in [-0.39, 0.29) is 17.9 Å². The number of fused-ring (bicyclic) bond motifs is 2. The first kappa shape index (κ1) is 24.6. The van der Waals surface area contributed by atoms with Crippen LogP contribution in [-0.2, 0) is 4.79 Å². The molecule has 3 aromatic rings. The van der Waals surface area contributed by atoms with E-state index in [9.17, 15) is 9.59 Å². The quantitative estimate of drug-likeness (QED) is 0.480. The van der Waals surface area contributed by atoms with E-state index in [0.717, 1.165) is 48.4 Å². The van der Waals surface area contributed by atoms with Gasteiger partial charge in [-0.1, -0.05) is 11.6 Å². The number of methoxy groups -OCH3 is 1. The number of carbonyl (C=O) groups excluding carboxylic acids is 2. The predicted octanol–water partition coefficient (Wildman–Crippen LogP) is 3.61. The van der Waals surface area contributed by atoms with Crippen molar-refractivity contribution in [2.75, 3.05) is 44.4 Å². The molecule has 36 heavy (non-hydrogen) atoms. The number of hydrogen-bond acceptors (Lipinski definition) is 8. The third-order valence-corrected chi connectivity index (χ3v) is 7.61. The maximum atomic E-state index is 12.9. The molecule has 11 heteroatoms. The maximum absolute atomic E-state index is 12.9. The van der Waals surface area contributed by atoms with Crippen LogP contribution in [0.3, 0.4) is 0 Å². The molecule has 0 spiro atoms. The number of nitrogens with zero attached hydrogens (tertiary/aromatic N) is 3. The Morgan fingerprint density at radius 3 is 2.89 bits per heavy atom. The molecule has 188 valence electrons. The Labute approximate surface area is 217 Å². The van der Waals surface area contributed by atoms with Crippen molar-refractivity contribution in [3.8, 4) is 11.6 Å². The predicted molar refractivity (Wildman–Crippen MR) is 139 cm³/mol. The molecule has 5 rings (SSSR count). The Morgan fingerprint density at radius 1 is 1.25 bits per heavy atom. The van der Waals surface area contributed by atoms with Gasteiger partial charge in [-0.15, -0.1) is 11.8 Å². The molecule has 1 aromatic carbocycles. The molecule has 1 fully saturated rings. The van der Waals surface area contributed by atoms with Gasteiger partial charge < -0.3 is 20.1 Å². The van der Waals surface area contributed by atoms with Crippen molar-refractivity contribution >= 4 is 51.9 Å². The van der Waals surface area contributed by atoms with Crippen molar-refractivity contribution in [2.24, 2.45) is 0 Å². The fraction of sp³-hybridized carbons (Fsp3) is 0.360. The molecule has 0 atom stereocenters. The van der Waals surface area contributed by atoms with Crippen molar-refractivity contribution in [3.63, 3.8) is 0 Å². The number of amides is 2. The lowest BCUT2D eigenvalue weighted by Gasteiger charge is -2.32. The standard InChI is InChI=1S/C25H26ClN5O4S/c1-34-24-3-2-19-20(30-24)10-16(13-27-19)35-9-8-31-6-4-15(5-7-31)28-25(33)17-11-21-22(12-18(17)26)36-14-23(32)29-21/h2-3,10-13,15H,4-9,14H2,1H3,(H,28,33)(H,29,32). The smallest absolute Gasteiger partial charge is 0.253 e. The minimum atomic E-state index is -0.219. The zero-order valence-corrected chi connectivity index (χ0v) is 21.3. The van der Waals surface area contributed by atoms with Gasteiger partial charge in [0.1, 0.15) is 12.4 Å². The van der Waals surface area contributed by atoms with Gasteiger partial charge >= 0.3 is 0 Å². The van der Waals surface area contributed by atoms with Crippen LogP contribution in [0.25, 0.3) is 11.0 Å². The highest BCUT2D eigenvalue weighted by Crippen LogP contribution is 2.35. The van der Waals surface area contributed by atoms with Crippen LogP contribution in [0.5, 0.6) is 11.6 Å². The molecule has 0 radical (unpaired) electrons. The molecule has 9 nitrogen and oxygen atoms in total. The van der Waals surface area contributed by atoms with E-state index >= 15 is 0 Å². The number of piperidine rings is 1. The van der Waals surface area contributed by atoms with Gasteiger partial charge in [0, 0.05) is 42.7 Å². The number of thioether (sulfide) groups is 1. The summed E-state index contributed by atoms with van der Waals surface area (Å²) in [6.07, 6.45) is 3.37. The lowest BCUT2D eigenvalue weighted by Crippen LogP contribution is -2.45. The molecule has 2 amide bonds. The molecule has 2 aliphatic rings. The van der Waals surface area contributed by atoms with Gasteiger partial charge in [-0.3, -0.25) is 19.5 Å². The number of halogens is 1. The Bertz CT molecular complexity index is 1300. The molecule has 0 bridgehead atoms. The van der Waals surface area contributed by atoms with Crippen LogP contribution < -0.4 is 20.1 Å².